The average molecular weight is 384 g/mol. The third-order valence-electron chi connectivity index (χ3n) is 5.50. The van der Waals surface area contributed by atoms with Crippen molar-refractivity contribution in [1.29, 1.82) is 5.26 Å². The van der Waals surface area contributed by atoms with Gasteiger partial charge in [-0.1, -0.05) is 13.8 Å². The van der Waals surface area contributed by atoms with Crippen LogP contribution in [0.3, 0.4) is 0 Å². The molecule has 150 valence electrons. The van der Waals surface area contributed by atoms with Crippen molar-refractivity contribution in [2.24, 2.45) is 0 Å². The monoisotopic (exact) mass is 384 g/mol. The standard InChI is InChI=1S/C21H28N4O3/c1-4-28-21(27)20(26)25-11-9-24(10-12-25)19-17(13-22)15-7-5-6-8-16(15)18(23-19)14(2)3/h14H,4-12H2,1-3H3. The maximum atomic E-state index is 12.2. The summed E-state index contributed by atoms with van der Waals surface area (Å²) in [5.74, 6) is -0.369. The van der Waals surface area contributed by atoms with Gasteiger partial charge in [0.05, 0.1) is 12.2 Å². The van der Waals surface area contributed by atoms with Crippen molar-refractivity contribution in [1.82, 2.24) is 9.88 Å². The van der Waals surface area contributed by atoms with Crippen molar-refractivity contribution < 1.29 is 14.3 Å². The van der Waals surface area contributed by atoms with Crippen LogP contribution in [0.5, 0.6) is 0 Å². The molecule has 1 aliphatic carbocycles. The molecular weight excluding hydrogens is 356 g/mol. The number of anilines is 1. The molecule has 7 heteroatoms. The number of pyridine rings is 1. The van der Waals surface area contributed by atoms with E-state index in [9.17, 15) is 14.9 Å². The molecule has 28 heavy (non-hydrogen) atoms. The first-order valence-electron chi connectivity index (χ1n) is 10.1. The molecule has 1 saturated heterocycles. The van der Waals surface area contributed by atoms with E-state index in [4.69, 9.17) is 9.72 Å². The molecule has 1 aromatic rings. The average Bonchev–Trinajstić information content (AvgIpc) is 2.72. The van der Waals surface area contributed by atoms with Crippen molar-refractivity contribution in [2.75, 3.05) is 37.7 Å². The van der Waals surface area contributed by atoms with Crippen molar-refractivity contribution in [3.63, 3.8) is 0 Å². The van der Waals surface area contributed by atoms with Crippen LogP contribution in [0.2, 0.25) is 0 Å². The summed E-state index contributed by atoms with van der Waals surface area (Å²) in [4.78, 5) is 32.4. The Bertz CT molecular complexity index is 805. The Morgan fingerprint density at radius 2 is 1.79 bits per heavy atom. The zero-order valence-electron chi connectivity index (χ0n) is 17.0. The number of esters is 1. The van der Waals surface area contributed by atoms with Crippen LogP contribution >= 0.6 is 0 Å². The number of rotatable bonds is 3. The minimum Gasteiger partial charge on any atom is -0.459 e. The lowest BCUT2D eigenvalue weighted by atomic mass is 9.85. The number of carbonyl (C=O) groups is 2. The zero-order valence-corrected chi connectivity index (χ0v) is 17.0. The van der Waals surface area contributed by atoms with Crippen molar-refractivity contribution in [2.45, 2.75) is 52.4 Å². The molecule has 0 bridgehead atoms. The molecule has 2 aliphatic rings. The number of amides is 1. The summed E-state index contributed by atoms with van der Waals surface area (Å²) in [6.07, 6.45) is 4.17. The minimum atomic E-state index is -0.803. The summed E-state index contributed by atoms with van der Waals surface area (Å²) in [6.45, 7) is 8.07. The Labute approximate surface area is 166 Å². The number of nitrogens with zero attached hydrogens (tertiary/aromatic N) is 4. The smallest absolute Gasteiger partial charge is 0.397 e. The molecular formula is C21H28N4O3. The van der Waals surface area contributed by atoms with Crippen LogP contribution in [0.15, 0.2) is 0 Å². The molecule has 2 heterocycles. The molecule has 1 aliphatic heterocycles. The highest BCUT2D eigenvalue weighted by molar-refractivity contribution is 6.32. The van der Waals surface area contributed by atoms with E-state index in [2.05, 4.69) is 24.8 Å². The fourth-order valence-corrected chi connectivity index (χ4v) is 4.10. The second kappa shape index (κ2) is 8.59. The van der Waals surface area contributed by atoms with Crippen LogP contribution < -0.4 is 4.90 Å². The lowest BCUT2D eigenvalue weighted by Crippen LogP contribution is -2.51. The van der Waals surface area contributed by atoms with Crippen LogP contribution in [-0.2, 0) is 27.2 Å². The Kier molecular flexibility index (Phi) is 6.18. The summed E-state index contributed by atoms with van der Waals surface area (Å²) in [7, 11) is 0. The first-order valence-corrected chi connectivity index (χ1v) is 10.1. The van der Waals surface area contributed by atoms with E-state index >= 15 is 0 Å². The molecule has 0 saturated carbocycles. The lowest BCUT2D eigenvalue weighted by molar-refractivity contribution is -0.160. The highest BCUT2D eigenvalue weighted by Gasteiger charge is 2.30. The number of hydrogen-bond donors (Lipinski definition) is 0. The van der Waals surface area contributed by atoms with E-state index in [-0.39, 0.29) is 6.61 Å². The normalized spacial score (nSPS) is 16.5. The first-order chi connectivity index (χ1) is 13.5. The largest absolute Gasteiger partial charge is 0.459 e. The predicted octanol–water partition coefficient (Wildman–Crippen LogP) is 2.17. The van der Waals surface area contributed by atoms with Crippen LogP contribution in [0, 0.1) is 11.3 Å². The first kappa shape index (κ1) is 20.1. The second-order valence-corrected chi connectivity index (χ2v) is 7.63. The molecule has 0 unspecified atom stereocenters. The maximum absolute atomic E-state index is 12.2. The number of piperazine rings is 1. The number of hydrogen-bond acceptors (Lipinski definition) is 6. The maximum Gasteiger partial charge on any atom is 0.397 e. The highest BCUT2D eigenvalue weighted by atomic mass is 16.5. The van der Waals surface area contributed by atoms with Gasteiger partial charge >= 0.3 is 11.9 Å². The van der Waals surface area contributed by atoms with Gasteiger partial charge in [0.1, 0.15) is 11.9 Å². The molecule has 0 aromatic carbocycles. The van der Waals surface area contributed by atoms with Crippen LogP contribution in [0.1, 0.15) is 61.9 Å². The van der Waals surface area contributed by atoms with Gasteiger partial charge in [0.15, 0.2) is 0 Å². The molecule has 7 nitrogen and oxygen atoms in total. The van der Waals surface area contributed by atoms with Gasteiger partial charge in [-0.2, -0.15) is 5.26 Å². The van der Waals surface area contributed by atoms with E-state index in [0.29, 0.717) is 37.7 Å². The van der Waals surface area contributed by atoms with Gasteiger partial charge in [-0.3, -0.25) is 4.79 Å². The zero-order chi connectivity index (χ0) is 20.3. The van der Waals surface area contributed by atoms with Gasteiger partial charge in [-0.05, 0) is 49.7 Å². The Balaban J connectivity index is 1.85. The van der Waals surface area contributed by atoms with Gasteiger partial charge in [-0.15, -0.1) is 0 Å². The molecule has 1 amide bonds. The highest BCUT2D eigenvalue weighted by Crippen LogP contribution is 2.35. The summed E-state index contributed by atoms with van der Waals surface area (Å²) in [5, 5.41) is 9.86. The molecule has 0 N–H and O–H groups in total. The number of ether oxygens (including phenoxy) is 1. The van der Waals surface area contributed by atoms with Crippen LogP contribution in [0.4, 0.5) is 5.82 Å². The number of aromatic nitrogens is 1. The number of fused-ring (bicyclic) bond motifs is 1. The quantitative estimate of drug-likeness (QED) is 0.586. The summed E-state index contributed by atoms with van der Waals surface area (Å²) in [6, 6.07) is 2.40. The second-order valence-electron chi connectivity index (χ2n) is 7.63. The molecule has 1 aromatic heterocycles. The van der Waals surface area contributed by atoms with Crippen LogP contribution in [0.25, 0.3) is 0 Å². The molecule has 3 rings (SSSR count). The van der Waals surface area contributed by atoms with Crippen molar-refractivity contribution in [3.8, 4) is 6.07 Å². The predicted molar refractivity (Wildman–Crippen MR) is 105 cm³/mol. The fraction of sp³-hybridized carbons (Fsp3) is 0.619. The molecule has 1 fully saturated rings. The van der Waals surface area contributed by atoms with Gasteiger partial charge in [0.2, 0.25) is 0 Å². The summed E-state index contributed by atoms with van der Waals surface area (Å²) >= 11 is 0. The molecule has 0 radical (unpaired) electrons. The number of carbonyl (C=O) groups excluding carboxylic acids is 2. The third-order valence-corrected chi connectivity index (χ3v) is 5.50. The third kappa shape index (κ3) is 3.82. The van der Waals surface area contributed by atoms with Crippen molar-refractivity contribution in [3.05, 3.63) is 22.4 Å². The van der Waals surface area contributed by atoms with Gasteiger partial charge in [0.25, 0.3) is 0 Å². The lowest BCUT2D eigenvalue weighted by Gasteiger charge is -2.36. The number of nitriles is 1. The van der Waals surface area contributed by atoms with E-state index in [1.807, 2.05) is 0 Å². The molecule has 0 atom stereocenters. The van der Waals surface area contributed by atoms with Gasteiger partial charge in [0, 0.05) is 31.9 Å². The van der Waals surface area contributed by atoms with E-state index < -0.39 is 11.9 Å². The Hall–Kier alpha value is -2.62. The topological polar surface area (TPSA) is 86.5 Å². The SMILES string of the molecule is CCOC(=O)C(=O)N1CCN(c2nc(C(C)C)c3c(c2C#N)CCCC3)CC1. The minimum absolute atomic E-state index is 0.188. The fourth-order valence-electron chi connectivity index (χ4n) is 4.10. The molecule has 0 spiro atoms. The van der Waals surface area contributed by atoms with E-state index in [0.717, 1.165) is 42.8 Å². The Morgan fingerprint density at radius 3 is 2.36 bits per heavy atom. The van der Waals surface area contributed by atoms with Crippen molar-refractivity contribution >= 4 is 17.7 Å². The summed E-state index contributed by atoms with van der Waals surface area (Å²) < 4.78 is 4.81. The summed E-state index contributed by atoms with van der Waals surface area (Å²) in [5.41, 5.74) is 4.20. The Morgan fingerprint density at radius 1 is 1.14 bits per heavy atom. The van der Waals surface area contributed by atoms with Gasteiger partial charge < -0.3 is 14.5 Å². The van der Waals surface area contributed by atoms with Gasteiger partial charge in [-0.25, -0.2) is 9.78 Å². The van der Waals surface area contributed by atoms with Crippen LogP contribution in [-0.4, -0.2) is 54.5 Å². The van der Waals surface area contributed by atoms with E-state index in [1.54, 1.807) is 6.92 Å². The van der Waals surface area contributed by atoms with E-state index in [1.165, 1.54) is 10.5 Å².